The molecule has 7 nitrogen and oxygen atoms in total. The molecule has 2 heterocycles. The number of anilines is 1. The molecule has 2 aromatic carbocycles. The molecule has 1 aliphatic rings. The van der Waals surface area contributed by atoms with Crippen LogP contribution in [0.5, 0.6) is 0 Å². The smallest absolute Gasteiger partial charge is 0.258 e. The normalized spacial score (nSPS) is 16.7. The minimum atomic E-state index is -0.269. The lowest BCUT2D eigenvalue weighted by atomic mass is 10.1. The monoisotopic (exact) mass is 493 g/mol. The van der Waals surface area contributed by atoms with Gasteiger partial charge >= 0.3 is 0 Å². The molecule has 3 aromatic rings. The van der Waals surface area contributed by atoms with Crippen molar-refractivity contribution in [2.45, 2.75) is 32.2 Å². The molecule has 1 atom stereocenters. The Hall–Kier alpha value is -3.16. The number of likely N-dealkylation sites (N-methyl/N-ethyl adjacent to an activating group) is 1. The van der Waals surface area contributed by atoms with E-state index in [1.54, 1.807) is 30.3 Å². The zero-order valence-corrected chi connectivity index (χ0v) is 21.3. The average molecular weight is 494 g/mol. The number of benzene rings is 2. The van der Waals surface area contributed by atoms with Gasteiger partial charge in [0, 0.05) is 36.3 Å². The number of para-hydroxylation sites is 1. The molecule has 35 heavy (non-hydrogen) atoms. The fourth-order valence-electron chi connectivity index (χ4n) is 4.57. The number of aryl methyl sites for hydroxylation is 1. The summed E-state index contributed by atoms with van der Waals surface area (Å²) in [5.74, 6) is 0.237. The van der Waals surface area contributed by atoms with Gasteiger partial charge in [-0.15, -0.1) is 0 Å². The molecule has 184 valence electrons. The Morgan fingerprint density at radius 2 is 2.00 bits per heavy atom. The second-order valence-corrected chi connectivity index (χ2v) is 9.75. The van der Waals surface area contributed by atoms with Crippen LogP contribution in [0, 0.1) is 6.92 Å². The number of nitrogens with one attached hydrogen (secondary N) is 1. The molecule has 0 bridgehead atoms. The van der Waals surface area contributed by atoms with E-state index in [9.17, 15) is 9.59 Å². The number of carbonyl (C=O) groups is 2. The molecule has 0 radical (unpaired) electrons. The van der Waals surface area contributed by atoms with Gasteiger partial charge in [0.15, 0.2) is 0 Å². The number of hydrogen-bond acceptors (Lipinski definition) is 4. The number of hydrogen-bond donors (Lipinski definition) is 1. The summed E-state index contributed by atoms with van der Waals surface area (Å²) >= 11 is 6.10. The van der Waals surface area contributed by atoms with Crippen molar-refractivity contribution in [1.82, 2.24) is 19.4 Å². The minimum Gasteiger partial charge on any atom is -0.337 e. The van der Waals surface area contributed by atoms with Crippen LogP contribution < -0.4 is 5.32 Å². The Labute approximate surface area is 211 Å². The number of carbonyl (C=O) groups excluding carboxylic acids is 2. The molecular formula is C27H32ClN5O2. The van der Waals surface area contributed by atoms with Gasteiger partial charge in [0.1, 0.15) is 0 Å². The van der Waals surface area contributed by atoms with E-state index in [1.807, 2.05) is 55.1 Å². The summed E-state index contributed by atoms with van der Waals surface area (Å²) in [5.41, 5.74) is 3.35. The lowest BCUT2D eigenvalue weighted by Gasteiger charge is -2.26. The number of aromatic nitrogens is 2. The highest BCUT2D eigenvalue weighted by Crippen LogP contribution is 2.32. The predicted octanol–water partition coefficient (Wildman–Crippen LogP) is 4.92. The van der Waals surface area contributed by atoms with Gasteiger partial charge in [0.05, 0.1) is 17.1 Å². The van der Waals surface area contributed by atoms with Crippen LogP contribution in [0.15, 0.2) is 54.6 Å². The first kappa shape index (κ1) is 24.9. The van der Waals surface area contributed by atoms with Crippen molar-refractivity contribution in [3.8, 4) is 0 Å². The van der Waals surface area contributed by atoms with Gasteiger partial charge in [0.2, 0.25) is 11.9 Å². The van der Waals surface area contributed by atoms with Gasteiger partial charge in [-0.05, 0) is 70.1 Å². The maximum Gasteiger partial charge on any atom is 0.258 e. The van der Waals surface area contributed by atoms with Crippen LogP contribution >= 0.6 is 11.6 Å². The number of imidazole rings is 1. The molecule has 4 rings (SSSR count). The maximum absolute atomic E-state index is 13.1. The standard InChI is InChI=1S/C27H32ClN5O2/c1-19-9-6-13-23-25(19)33(27(29-23)30-26(35)20-10-7-11-21(28)17-20)22-12-4-5-16-32(18-22)24(34)14-8-15-31(2)3/h6-11,13-14,17,22H,4-5,12,15-16,18H2,1-3H3,(H,29,30,35)/b14-8+. The third kappa shape index (κ3) is 5.92. The zero-order chi connectivity index (χ0) is 24.9. The molecule has 0 aliphatic carbocycles. The number of fused-ring (bicyclic) bond motifs is 1. The summed E-state index contributed by atoms with van der Waals surface area (Å²) in [7, 11) is 3.95. The molecule has 0 spiro atoms. The summed E-state index contributed by atoms with van der Waals surface area (Å²) in [6.07, 6.45) is 6.39. The van der Waals surface area contributed by atoms with Gasteiger partial charge in [-0.2, -0.15) is 0 Å². The van der Waals surface area contributed by atoms with Crippen LogP contribution in [-0.4, -0.2) is 64.9 Å². The zero-order valence-electron chi connectivity index (χ0n) is 20.5. The van der Waals surface area contributed by atoms with Crippen LogP contribution in [0.4, 0.5) is 5.95 Å². The highest BCUT2D eigenvalue weighted by atomic mass is 35.5. The fourth-order valence-corrected chi connectivity index (χ4v) is 4.76. The Morgan fingerprint density at radius 1 is 1.20 bits per heavy atom. The van der Waals surface area contributed by atoms with E-state index in [0.29, 0.717) is 29.6 Å². The van der Waals surface area contributed by atoms with Crippen molar-refractivity contribution in [1.29, 1.82) is 0 Å². The number of nitrogens with zero attached hydrogens (tertiary/aromatic N) is 4. The predicted molar refractivity (Wildman–Crippen MR) is 141 cm³/mol. The first-order chi connectivity index (χ1) is 16.8. The highest BCUT2D eigenvalue weighted by Gasteiger charge is 2.27. The first-order valence-corrected chi connectivity index (χ1v) is 12.4. The van der Waals surface area contributed by atoms with E-state index in [2.05, 4.69) is 9.88 Å². The van der Waals surface area contributed by atoms with Gasteiger partial charge in [0.25, 0.3) is 5.91 Å². The molecule has 1 saturated heterocycles. The van der Waals surface area contributed by atoms with Crippen LogP contribution in [0.1, 0.15) is 41.2 Å². The first-order valence-electron chi connectivity index (χ1n) is 12.0. The van der Waals surface area contributed by atoms with E-state index in [1.165, 1.54) is 0 Å². The van der Waals surface area contributed by atoms with E-state index in [-0.39, 0.29) is 17.9 Å². The number of halogens is 1. The summed E-state index contributed by atoms with van der Waals surface area (Å²) in [6, 6.07) is 12.8. The maximum atomic E-state index is 13.1. The largest absolute Gasteiger partial charge is 0.337 e. The third-order valence-corrected chi connectivity index (χ3v) is 6.51. The molecule has 1 aliphatic heterocycles. The van der Waals surface area contributed by atoms with E-state index in [0.717, 1.165) is 42.4 Å². The second kappa shape index (κ2) is 11.1. The number of rotatable bonds is 6. The Balaban J connectivity index is 1.68. The lowest BCUT2D eigenvalue weighted by Crippen LogP contribution is -2.35. The van der Waals surface area contributed by atoms with Crippen LogP contribution in [0.2, 0.25) is 5.02 Å². The summed E-state index contributed by atoms with van der Waals surface area (Å²) in [6.45, 7) is 4.04. The van der Waals surface area contributed by atoms with Crippen molar-refractivity contribution in [2.75, 3.05) is 39.0 Å². The molecular weight excluding hydrogens is 462 g/mol. The number of amides is 2. The molecule has 0 saturated carbocycles. The van der Waals surface area contributed by atoms with Gasteiger partial charge in [-0.25, -0.2) is 4.98 Å². The van der Waals surface area contributed by atoms with E-state index >= 15 is 0 Å². The summed E-state index contributed by atoms with van der Waals surface area (Å²) in [5, 5.41) is 3.51. The topological polar surface area (TPSA) is 70.5 Å². The average Bonchev–Trinajstić information content (AvgIpc) is 3.01. The quantitative estimate of drug-likeness (QED) is 0.495. The third-order valence-electron chi connectivity index (χ3n) is 6.28. The van der Waals surface area contributed by atoms with Crippen molar-refractivity contribution in [2.24, 2.45) is 0 Å². The van der Waals surface area contributed by atoms with Crippen molar-refractivity contribution < 1.29 is 9.59 Å². The van der Waals surface area contributed by atoms with Gasteiger partial charge < -0.3 is 14.4 Å². The van der Waals surface area contributed by atoms with E-state index in [4.69, 9.17) is 16.6 Å². The molecule has 2 amide bonds. The summed E-state index contributed by atoms with van der Waals surface area (Å²) in [4.78, 5) is 34.8. The van der Waals surface area contributed by atoms with Crippen LogP contribution in [0.25, 0.3) is 11.0 Å². The van der Waals surface area contributed by atoms with E-state index < -0.39 is 0 Å². The summed E-state index contributed by atoms with van der Waals surface area (Å²) < 4.78 is 2.11. The second-order valence-electron chi connectivity index (χ2n) is 9.31. The Kier molecular flexibility index (Phi) is 7.88. The molecule has 1 N–H and O–H groups in total. The van der Waals surface area contributed by atoms with Crippen LogP contribution in [0.3, 0.4) is 0 Å². The van der Waals surface area contributed by atoms with Gasteiger partial charge in [-0.1, -0.05) is 35.9 Å². The Bertz CT molecular complexity index is 1250. The molecule has 1 unspecified atom stereocenters. The van der Waals surface area contributed by atoms with Crippen molar-refractivity contribution >= 4 is 40.4 Å². The molecule has 1 aromatic heterocycles. The SMILES string of the molecule is Cc1cccc2nc(NC(=O)c3cccc(Cl)c3)n(C3CCCCN(C(=O)/C=C/CN(C)C)C3)c12. The number of likely N-dealkylation sites (tertiary alicyclic amines) is 1. The van der Waals surface area contributed by atoms with Crippen molar-refractivity contribution in [3.63, 3.8) is 0 Å². The van der Waals surface area contributed by atoms with Gasteiger partial charge in [-0.3, -0.25) is 14.9 Å². The minimum absolute atomic E-state index is 0.00976. The van der Waals surface area contributed by atoms with Crippen LogP contribution in [-0.2, 0) is 4.79 Å². The Morgan fingerprint density at radius 3 is 2.77 bits per heavy atom. The lowest BCUT2D eigenvalue weighted by molar-refractivity contribution is -0.126. The molecule has 1 fully saturated rings. The fraction of sp³-hybridized carbons (Fsp3) is 0.370. The molecule has 8 heteroatoms. The van der Waals surface area contributed by atoms with Crippen molar-refractivity contribution in [3.05, 3.63) is 70.8 Å². The highest BCUT2D eigenvalue weighted by molar-refractivity contribution is 6.31.